The molecule has 0 aliphatic carbocycles. The van der Waals surface area contributed by atoms with Crippen molar-refractivity contribution in [2.45, 2.75) is 0 Å². The summed E-state index contributed by atoms with van der Waals surface area (Å²) in [4.78, 5) is 7.71. The van der Waals surface area contributed by atoms with Gasteiger partial charge in [-0.3, -0.25) is 0 Å². The molecule has 0 saturated heterocycles. The molecule has 0 unspecified atom stereocenters. The van der Waals surface area contributed by atoms with E-state index in [-0.39, 0.29) is 12.5 Å². The van der Waals surface area contributed by atoms with E-state index >= 15 is 0 Å². The SMILES string of the molecule is CS(=O)(=O)NCCNc1nc(N)ncc1Br. The highest BCUT2D eigenvalue weighted by atomic mass is 79.9. The number of aromatic nitrogens is 2. The molecule has 4 N–H and O–H groups in total. The second-order valence-corrected chi connectivity index (χ2v) is 5.71. The Hall–Kier alpha value is -0.930. The molecule has 0 atom stereocenters. The molecule has 0 radical (unpaired) electrons. The standard InChI is InChI=1S/C7H12BrN5O2S/c1-16(14,15)12-3-2-10-6-5(8)4-11-7(9)13-6/h4,12H,2-3H2,1H3,(H3,9,10,11,13). The van der Waals surface area contributed by atoms with Crippen LogP contribution in [0.5, 0.6) is 0 Å². The van der Waals surface area contributed by atoms with Gasteiger partial charge in [-0.15, -0.1) is 0 Å². The molecule has 1 aromatic rings. The quantitative estimate of drug-likeness (QED) is 0.649. The molecule has 0 fully saturated rings. The monoisotopic (exact) mass is 309 g/mol. The van der Waals surface area contributed by atoms with Crippen LogP contribution in [0.1, 0.15) is 0 Å². The number of nitrogens with two attached hydrogens (primary N) is 1. The van der Waals surface area contributed by atoms with Gasteiger partial charge in [0, 0.05) is 19.3 Å². The van der Waals surface area contributed by atoms with Gasteiger partial charge in [-0.25, -0.2) is 18.1 Å². The third-order valence-corrected chi connectivity index (χ3v) is 2.85. The Bertz CT molecular complexity index is 464. The van der Waals surface area contributed by atoms with E-state index in [0.717, 1.165) is 6.26 Å². The van der Waals surface area contributed by atoms with E-state index < -0.39 is 10.0 Å². The van der Waals surface area contributed by atoms with Gasteiger partial charge in [0.2, 0.25) is 16.0 Å². The number of halogens is 1. The van der Waals surface area contributed by atoms with Gasteiger partial charge in [-0.1, -0.05) is 0 Å². The lowest BCUT2D eigenvalue weighted by molar-refractivity contribution is 0.589. The van der Waals surface area contributed by atoms with Gasteiger partial charge in [0.25, 0.3) is 0 Å². The zero-order chi connectivity index (χ0) is 12.2. The van der Waals surface area contributed by atoms with Crippen molar-refractivity contribution in [3.05, 3.63) is 10.7 Å². The first-order valence-corrected chi connectivity index (χ1v) is 7.03. The number of rotatable bonds is 5. The van der Waals surface area contributed by atoms with Crippen LogP contribution in [0, 0.1) is 0 Å². The topological polar surface area (TPSA) is 110 Å². The first-order valence-electron chi connectivity index (χ1n) is 4.35. The molecular weight excluding hydrogens is 298 g/mol. The predicted octanol–water partition coefficient (Wildman–Crippen LogP) is -0.218. The molecular formula is C7H12BrN5O2S. The Balaban J connectivity index is 2.46. The fraction of sp³-hybridized carbons (Fsp3) is 0.429. The maximum Gasteiger partial charge on any atom is 0.221 e. The molecule has 1 aromatic heterocycles. The van der Waals surface area contributed by atoms with Crippen molar-refractivity contribution in [2.24, 2.45) is 0 Å². The molecule has 0 bridgehead atoms. The fourth-order valence-electron chi connectivity index (χ4n) is 0.922. The van der Waals surface area contributed by atoms with Crippen LogP contribution in [0.2, 0.25) is 0 Å². The number of nitrogens with zero attached hydrogens (tertiary/aromatic N) is 2. The minimum atomic E-state index is -3.16. The number of sulfonamides is 1. The lowest BCUT2D eigenvalue weighted by Crippen LogP contribution is -2.27. The Labute approximate surface area is 102 Å². The smallest absolute Gasteiger partial charge is 0.221 e. The number of nitrogen functional groups attached to an aromatic ring is 1. The number of nitrogens with one attached hydrogen (secondary N) is 2. The van der Waals surface area contributed by atoms with Gasteiger partial charge in [0.05, 0.1) is 10.7 Å². The second-order valence-electron chi connectivity index (χ2n) is 3.02. The molecule has 1 heterocycles. The Kier molecular flexibility index (Phi) is 4.44. The van der Waals surface area contributed by atoms with E-state index in [1.807, 2.05) is 0 Å². The summed E-state index contributed by atoms with van der Waals surface area (Å²) in [5.74, 6) is 0.685. The van der Waals surface area contributed by atoms with Crippen LogP contribution in [0.15, 0.2) is 10.7 Å². The number of anilines is 2. The summed E-state index contributed by atoms with van der Waals surface area (Å²) in [6.07, 6.45) is 2.63. The summed E-state index contributed by atoms with van der Waals surface area (Å²) in [7, 11) is -3.16. The molecule has 16 heavy (non-hydrogen) atoms. The van der Waals surface area contributed by atoms with Crippen LogP contribution in [-0.2, 0) is 10.0 Å². The summed E-state index contributed by atoms with van der Waals surface area (Å²) in [5.41, 5.74) is 5.41. The van der Waals surface area contributed by atoms with Crippen LogP contribution < -0.4 is 15.8 Å². The third kappa shape index (κ3) is 4.73. The van der Waals surface area contributed by atoms with Gasteiger partial charge >= 0.3 is 0 Å². The molecule has 0 aromatic carbocycles. The minimum absolute atomic E-state index is 0.154. The lowest BCUT2D eigenvalue weighted by Gasteiger charge is -2.07. The molecule has 90 valence electrons. The fourth-order valence-corrected chi connectivity index (χ4v) is 1.73. The van der Waals surface area contributed by atoms with E-state index in [1.165, 1.54) is 6.20 Å². The van der Waals surface area contributed by atoms with Crippen molar-refractivity contribution in [1.29, 1.82) is 0 Å². The summed E-state index contributed by atoms with van der Waals surface area (Å²) in [5, 5.41) is 2.92. The molecule has 0 aliphatic heterocycles. The number of hydrogen-bond donors (Lipinski definition) is 3. The lowest BCUT2D eigenvalue weighted by atomic mass is 10.5. The van der Waals surface area contributed by atoms with Crippen LogP contribution in [0.3, 0.4) is 0 Å². The summed E-state index contributed by atoms with van der Waals surface area (Å²) < 4.78 is 24.6. The molecule has 0 aliphatic rings. The Morgan fingerprint density at radius 1 is 1.50 bits per heavy atom. The van der Waals surface area contributed by atoms with Crippen LogP contribution in [-0.4, -0.2) is 37.7 Å². The van der Waals surface area contributed by atoms with Crippen molar-refractivity contribution < 1.29 is 8.42 Å². The number of hydrogen-bond acceptors (Lipinski definition) is 6. The van der Waals surface area contributed by atoms with Crippen molar-refractivity contribution in [3.63, 3.8) is 0 Å². The van der Waals surface area contributed by atoms with Gasteiger partial charge in [0.15, 0.2) is 0 Å². The van der Waals surface area contributed by atoms with Crippen LogP contribution in [0.25, 0.3) is 0 Å². The minimum Gasteiger partial charge on any atom is -0.368 e. The van der Waals surface area contributed by atoms with Crippen LogP contribution in [0.4, 0.5) is 11.8 Å². The van der Waals surface area contributed by atoms with Gasteiger partial charge in [-0.05, 0) is 15.9 Å². The van der Waals surface area contributed by atoms with E-state index in [4.69, 9.17) is 5.73 Å². The van der Waals surface area contributed by atoms with Gasteiger partial charge in [0.1, 0.15) is 5.82 Å². The molecule has 9 heteroatoms. The Morgan fingerprint density at radius 2 is 2.19 bits per heavy atom. The first kappa shape index (κ1) is 13.1. The summed E-state index contributed by atoms with van der Waals surface area (Å²) >= 11 is 3.24. The normalized spacial score (nSPS) is 11.4. The maximum absolute atomic E-state index is 10.8. The zero-order valence-corrected chi connectivity index (χ0v) is 11.0. The highest BCUT2D eigenvalue weighted by molar-refractivity contribution is 9.10. The molecule has 0 spiro atoms. The van der Waals surface area contributed by atoms with Crippen molar-refractivity contribution in [1.82, 2.24) is 14.7 Å². The van der Waals surface area contributed by atoms with Gasteiger partial charge in [-0.2, -0.15) is 4.98 Å². The van der Waals surface area contributed by atoms with E-state index in [2.05, 4.69) is 35.9 Å². The molecule has 7 nitrogen and oxygen atoms in total. The highest BCUT2D eigenvalue weighted by Gasteiger charge is 2.03. The van der Waals surface area contributed by atoms with Crippen molar-refractivity contribution >= 4 is 37.7 Å². The second kappa shape index (κ2) is 5.41. The maximum atomic E-state index is 10.8. The van der Waals surface area contributed by atoms with Crippen LogP contribution >= 0.6 is 15.9 Å². The summed E-state index contributed by atoms with van der Waals surface area (Å²) in [6.45, 7) is 0.678. The Morgan fingerprint density at radius 3 is 2.81 bits per heavy atom. The molecule has 1 rings (SSSR count). The zero-order valence-electron chi connectivity index (χ0n) is 8.57. The average Bonchev–Trinajstić information content (AvgIpc) is 2.16. The van der Waals surface area contributed by atoms with Crippen molar-refractivity contribution in [2.75, 3.05) is 30.4 Å². The van der Waals surface area contributed by atoms with E-state index in [9.17, 15) is 8.42 Å². The van der Waals surface area contributed by atoms with Crippen molar-refractivity contribution in [3.8, 4) is 0 Å². The average molecular weight is 310 g/mol. The molecule has 0 saturated carbocycles. The van der Waals surface area contributed by atoms with Gasteiger partial charge < -0.3 is 11.1 Å². The highest BCUT2D eigenvalue weighted by Crippen LogP contribution is 2.18. The largest absolute Gasteiger partial charge is 0.368 e. The predicted molar refractivity (Wildman–Crippen MR) is 65.5 cm³/mol. The summed E-state index contributed by atoms with van der Waals surface area (Å²) in [6, 6.07) is 0. The molecule has 0 amide bonds. The van der Waals surface area contributed by atoms with E-state index in [0.29, 0.717) is 16.8 Å². The van der Waals surface area contributed by atoms with E-state index in [1.54, 1.807) is 0 Å². The first-order chi connectivity index (χ1) is 7.38. The third-order valence-electron chi connectivity index (χ3n) is 1.54.